The van der Waals surface area contributed by atoms with Gasteiger partial charge < -0.3 is 10.4 Å². The number of halogens is 1. The van der Waals surface area contributed by atoms with Crippen molar-refractivity contribution in [2.75, 3.05) is 5.32 Å². The third kappa shape index (κ3) is 3.16. The number of fused-ring (bicyclic) bond motifs is 1. The summed E-state index contributed by atoms with van der Waals surface area (Å²) in [6.45, 7) is 2.48. The van der Waals surface area contributed by atoms with Gasteiger partial charge in [-0.25, -0.2) is 4.98 Å². The molecule has 126 valence electrons. The molecule has 4 rings (SSSR count). The number of hydrogen-bond acceptors (Lipinski definition) is 6. The maximum atomic E-state index is 10.7. The molecule has 0 aliphatic carbocycles. The van der Waals surface area contributed by atoms with Gasteiger partial charge in [0.2, 0.25) is 0 Å². The van der Waals surface area contributed by atoms with Crippen LogP contribution in [0.25, 0.3) is 16.7 Å². The van der Waals surface area contributed by atoms with E-state index in [1.54, 1.807) is 6.20 Å². The summed E-state index contributed by atoms with van der Waals surface area (Å²) in [4.78, 5) is 6.46. The summed E-state index contributed by atoms with van der Waals surface area (Å²) in [6.07, 6.45) is 1.72. The van der Waals surface area contributed by atoms with Gasteiger partial charge in [0.15, 0.2) is 10.2 Å². The minimum Gasteiger partial charge on any atom is -0.504 e. The molecule has 2 aromatic carbocycles. The third-order valence-electron chi connectivity index (χ3n) is 3.71. The zero-order chi connectivity index (χ0) is 17.4. The van der Waals surface area contributed by atoms with E-state index in [9.17, 15) is 5.11 Å². The Kier molecular flexibility index (Phi) is 4.03. The second-order valence-corrected chi connectivity index (χ2v) is 7.29. The average Bonchev–Trinajstić information content (AvgIpc) is 3.21. The first kappa shape index (κ1) is 15.9. The van der Waals surface area contributed by atoms with Crippen molar-refractivity contribution in [2.45, 2.75) is 13.5 Å². The van der Waals surface area contributed by atoms with Crippen LogP contribution in [0.4, 0.5) is 5.69 Å². The quantitative estimate of drug-likeness (QED) is 0.527. The molecule has 4 aromatic rings. The van der Waals surface area contributed by atoms with Crippen LogP contribution in [0.15, 0.2) is 42.6 Å². The summed E-state index contributed by atoms with van der Waals surface area (Å²) in [5, 5.41) is 22.8. The molecule has 0 radical (unpaired) electrons. The number of phenolic OH excluding ortho intramolecular Hbond substituents is 1. The summed E-state index contributed by atoms with van der Waals surface area (Å²) >= 11 is 7.25. The van der Waals surface area contributed by atoms with E-state index in [1.807, 2.05) is 43.3 Å². The van der Waals surface area contributed by atoms with Crippen LogP contribution in [-0.4, -0.2) is 25.1 Å². The van der Waals surface area contributed by atoms with Crippen molar-refractivity contribution in [3.63, 3.8) is 0 Å². The zero-order valence-electron chi connectivity index (χ0n) is 13.3. The van der Waals surface area contributed by atoms with Crippen molar-refractivity contribution >= 4 is 39.7 Å². The van der Waals surface area contributed by atoms with Crippen molar-refractivity contribution in [3.8, 4) is 11.4 Å². The Morgan fingerprint density at radius 3 is 2.56 bits per heavy atom. The molecule has 0 atom stereocenters. The largest absolute Gasteiger partial charge is 0.504 e. The van der Waals surface area contributed by atoms with Crippen molar-refractivity contribution < 1.29 is 5.11 Å². The number of benzene rings is 2. The first-order valence-corrected chi connectivity index (χ1v) is 8.80. The summed E-state index contributed by atoms with van der Waals surface area (Å²) in [5.74, 6) is 0.0986. The molecule has 0 saturated heterocycles. The minimum absolute atomic E-state index is 0.0986. The second kappa shape index (κ2) is 6.34. The number of aromatic nitrogens is 4. The number of aryl methyl sites for hydroxylation is 1. The normalized spacial score (nSPS) is 11.1. The highest BCUT2D eigenvalue weighted by Gasteiger charge is 2.14. The first-order chi connectivity index (χ1) is 12.1. The van der Waals surface area contributed by atoms with Crippen LogP contribution in [0.1, 0.15) is 10.4 Å². The Labute approximate surface area is 152 Å². The highest BCUT2D eigenvalue weighted by Crippen LogP contribution is 2.32. The smallest absolute Gasteiger partial charge is 0.183 e. The number of phenols is 1. The molecule has 8 heteroatoms. The Morgan fingerprint density at radius 2 is 1.92 bits per heavy atom. The highest BCUT2D eigenvalue weighted by atomic mass is 35.5. The number of rotatable bonds is 4. The third-order valence-corrected chi connectivity index (χ3v) is 4.83. The number of anilines is 1. The second-order valence-electron chi connectivity index (χ2n) is 5.59. The van der Waals surface area contributed by atoms with E-state index in [0.717, 1.165) is 21.5 Å². The molecule has 0 unspecified atom stereocenters. The lowest BCUT2D eigenvalue weighted by atomic mass is 10.1. The fourth-order valence-electron chi connectivity index (χ4n) is 2.56. The van der Waals surface area contributed by atoms with E-state index in [2.05, 4.69) is 20.5 Å². The molecule has 0 amide bonds. The SMILES string of the molecule is Cc1cc(NCc2cnc(Cl)s2)c(O)c(-n2nc3ccccc3n2)c1. The summed E-state index contributed by atoms with van der Waals surface area (Å²) in [6, 6.07) is 11.3. The van der Waals surface area contributed by atoms with Crippen LogP contribution in [0.2, 0.25) is 4.47 Å². The van der Waals surface area contributed by atoms with Gasteiger partial charge in [-0.2, -0.15) is 0 Å². The van der Waals surface area contributed by atoms with Crippen LogP contribution < -0.4 is 5.32 Å². The predicted molar refractivity (Wildman–Crippen MR) is 99.7 cm³/mol. The maximum Gasteiger partial charge on any atom is 0.183 e. The zero-order valence-corrected chi connectivity index (χ0v) is 14.8. The fraction of sp³-hybridized carbons (Fsp3) is 0.118. The molecular formula is C17H14ClN5OS. The molecule has 2 aromatic heterocycles. The van der Waals surface area contributed by atoms with Crippen LogP contribution in [0.3, 0.4) is 0 Å². The van der Waals surface area contributed by atoms with Gasteiger partial charge in [-0.3, -0.25) is 0 Å². The summed E-state index contributed by atoms with van der Waals surface area (Å²) in [7, 11) is 0. The Balaban J connectivity index is 1.69. The van der Waals surface area contributed by atoms with E-state index < -0.39 is 0 Å². The standard InChI is InChI=1S/C17H14ClN5OS/c1-10-6-14(19-8-11-9-20-17(18)25-11)16(24)15(7-10)23-21-12-4-2-3-5-13(12)22-23/h2-7,9,19,24H,8H2,1H3. The summed E-state index contributed by atoms with van der Waals surface area (Å²) in [5.41, 5.74) is 3.68. The molecule has 0 saturated carbocycles. The molecule has 0 bridgehead atoms. The van der Waals surface area contributed by atoms with Gasteiger partial charge in [0.25, 0.3) is 0 Å². The maximum absolute atomic E-state index is 10.7. The van der Waals surface area contributed by atoms with E-state index in [1.165, 1.54) is 16.1 Å². The molecule has 2 heterocycles. The van der Waals surface area contributed by atoms with E-state index in [4.69, 9.17) is 11.6 Å². The molecule has 25 heavy (non-hydrogen) atoms. The average molecular weight is 372 g/mol. The number of thiazole rings is 1. The predicted octanol–water partition coefficient (Wildman–Crippen LogP) is 4.16. The van der Waals surface area contributed by atoms with E-state index in [-0.39, 0.29) is 5.75 Å². The molecule has 0 aliphatic heterocycles. The monoisotopic (exact) mass is 371 g/mol. The molecule has 2 N–H and O–H groups in total. The van der Waals surface area contributed by atoms with Gasteiger partial charge in [-0.1, -0.05) is 23.7 Å². The van der Waals surface area contributed by atoms with Crippen LogP contribution in [-0.2, 0) is 6.54 Å². The number of aromatic hydroxyl groups is 1. The Morgan fingerprint density at radius 1 is 1.20 bits per heavy atom. The van der Waals surface area contributed by atoms with E-state index in [0.29, 0.717) is 22.4 Å². The molecular weight excluding hydrogens is 358 g/mol. The Hall–Kier alpha value is -2.64. The van der Waals surface area contributed by atoms with E-state index >= 15 is 0 Å². The van der Waals surface area contributed by atoms with Gasteiger partial charge in [0.05, 0.1) is 12.2 Å². The fourth-order valence-corrected chi connectivity index (χ4v) is 3.48. The molecule has 6 nitrogen and oxygen atoms in total. The van der Waals surface area contributed by atoms with Gasteiger partial charge in [0, 0.05) is 11.1 Å². The topological polar surface area (TPSA) is 75.9 Å². The lowest BCUT2D eigenvalue weighted by Crippen LogP contribution is -2.04. The van der Waals surface area contributed by atoms with Crippen molar-refractivity contribution in [2.24, 2.45) is 0 Å². The summed E-state index contributed by atoms with van der Waals surface area (Å²) < 4.78 is 0.499. The first-order valence-electron chi connectivity index (χ1n) is 7.60. The molecule has 0 spiro atoms. The lowest BCUT2D eigenvalue weighted by Gasteiger charge is -2.12. The van der Waals surface area contributed by atoms with Gasteiger partial charge in [-0.05, 0) is 36.8 Å². The van der Waals surface area contributed by atoms with Crippen molar-refractivity contribution in [1.82, 2.24) is 20.0 Å². The lowest BCUT2D eigenvalue weighted by molar-refractivity contribution is 0.469. The Bertz CT molecular complexity index is 1030. The van der Waals surface area contributed by atoms with Crippen LogP contribution in [0, 0.1) is 6.92 Å². The minimum atomic E-state index is 0.0986. The highest BCUT2D eigenvalue weighted by molar-refractivity contribution is 7.15. The van der Waals surface area contributed by atoms with Gasteiger partial charge >= 0.3 is 0 Å². The van der Waals surface area contributed by atoms with Crippen LogP contribution in [0.5, 0.6) is 5.75 Å². The number of nitrogens with zero attached hydrogens (tertiary/aromatic N) is 4. The van der Waals surface area contributed by atoms with Gasteiger partial charge in [-0.15, -0.1) is 26.3 Å². The van der Waals surface area contributed by atoms with Crippen molar-refractivity contribution in [1.29, 1.82) is 0 Å². The van der Waals surface area contributed by atoms with Crippen LogP contribution >= 0.6 is 22.9 Å². The van der Waals surface area contributed by atoms with Gasteiger partial charge in [0.1, 0.15) is 16.7 Å². The number of hydrogen-bond donors (Lipinski definition) is 2. The van der Waals surface area contributed by atoms with Crippen molar-refractivity contribution in [3.05, 3.63) is 57.5 Å². The molecule has 0 aliphatic rings. The molecule has 0 fully saturated rings. The number of nitrogens with one attached hydrogen (secondary N) is 1.